The second kappa shape index (κ2) is 11.5. The minimum atomic E-state index is -0.689. The maximum atomic E-state index is 13.5. The molecule has 0 fully saturated rings. The normalized spacial score (nSPS) is 12.0. The average molecular weight is 519 g/mol. The molecular formula is C30H31FN2O5. The molecule has 0 aliphatic rings. The first kappa shape index (κ1) is 26.9. The number of fused-ring (bicyclic) bond motifs is 1. The first-order valence-corrected chi connectivity index (χ1v) is 12.5. The molecule has 38 heavy (non-hydrogen) atoms. The minimum Gasteiger partial charge on any atom is -0.490 e. The van der Waals surface area contributed by atoms with E-state index in [4.69, 9.17) is 9.15 Å². The van der Waals surface area contributed by atoms with Crippen molar-refractivity contribution >= 4 is 22.8 Å². The fraction of sp³-hybridized carbons (Fsp3) is 0.267. The maximum absolute atomic E-state index is 13.5. The standard InChI is InChI=1S/C30H31FN2O5/c1-17(2)15-33-29(35)21-8-11-25(37-16-18(3)34)23(14-21)20-7-12-26-24(13-20)27(30(36)32-4)28(38-26)19-5-9-22(31)10-6-19/h5-14,17-18,34H,15-16H2,1-4H3,(H,32,36)(H,33,35). The largest absolute Gasteiger partial charge is 0.490 e. The van der Waals surface area contributed by atoms with E-state index in [0.717, 1.165) is 0 Å². The van der Waals surface area contributed by atoms with Gasteiger partial charge in [-0.05, 0) is 73.0 Å². The van der Waals surface area contributed by atoms with Gasteiger partial charge in [-0.25, -0.2) is 4.39 Å². The highest BCUT2D eigenvalue weighted by molar-refractivity contribution is 6.12. The Labute approximate surface area is 220 Å². The van der Waals surface area contributed by atoms with Crippen molar-refractivity contribution in [3.63, 3.8) is 0 Å². The van der Waals surface area contributed by atoms with Crippen molar-refractivity contribution in [1.82, 2.24) is 10.6 Å². The number of aliphatic hydroxyl groups is 1. The molecule has 0 aliphatic heterocycles. The van der Waals surface area contributed by atoms with Crippen molar-refractivity contribution in [3.05, 3.63) is 77.6 Å². The SMILES string of the molecule is CNC(=O)c1c(-c2ccc(F)cc2)oc2ccc(-c3cc(C(=O)NCC(C)C)ccc3OCC(C)O)cc12. The summed E-state index contributed by atoms with van der Waals surface area (Å²) < 4.78 is 25.4. The summed E-state index contributed by atoms with van der Waals surface area (Å²) in [6.07, 6.45) is -0.689. The third kappa shape index (κ3) is 5.86. The molecule has 0 bridgehead atoms. The number of benzene rings is 3. The van der Waals surface area contributed by atoms with Gasteiger partial charge in [0.05, 0.1) is 11.7 Å². The summed E-state index contributed by atoms with van der Waals surface area (Å²) in [5.74, 6) is 0.145. The van der Waals surface area contributed by atoms with Crippen LogP contribution in [0.5, 0.6) is 5.75 Å². The number of nitrogens with one attached hydrogen (secondary N) is 2. The lowest BCUT2D eigenvalue weighted by molar-refractivity contribution is 0.0945. The minimum absolute atomic E-state index is 0.0675. The molecular weight excluding hydrogens is 487 g/mol. The molecule has 1 heterocycles. The van der Waals surface area contributed by atoms with Crippen LogP contribution in [0.25, 0.3) is 33.4 Å². The van der Waals surface area contributed by atoms with Crippen LogP contribution in [0.2, 0.25) is 0 Å². The van der Waals surface area contributed by atoms with E-state index in [0.29, 0.717) is 62.8 Å². The van der Waals surface area contributed by atoms with Gasteiger partial charge in [-0.3, -0.25) is 9.59 Å². The number of aliphatic hydroxyl groups excluding tert-OH is 1. The van der Waals surface area contributed by atoms with Crippen LogP contribution in [0.4, 0.5) is 4.39 Å². The van der Waals surface area contributed by atoms with Gasteiger partial charge in [0.1, 0.15) is 29.5 Å². The third-order valence-corrected chi connectivity index (χ3v) is 5.95. The zero-order chi connectivity index (χ0) is 27.4. The van der Waals surface area contributed by atoms with Crippen LogP contribution >= 0.6 is 0 Å². The Morgan fingerprint density at radius 3 is 2.34 bits per heavy atom. The second-order valence-corrected chi connectivity index (χ2v) is 9.58. The maximum Gasteiger partial charge on any atom is 0.255 e. The van der Waals surface area contributed by atoms with Gasteiger partial charge in [0, 0.05) is 35.7 Å². The Kier molecular flexibility index (Phi) is 8.12. The predicted molar refractivity (Wildman–Crippen MR) is 145 cm³/mol. The van der Waals surface area contributed by atoms with Gasteiger partial charge in [0.2, 0.25) is 0 Å². The molecule has 7 nitrogen and oxygen atoms in total. The van der Waals surface area contributed by atoms with Crippen LogP contribution in [-0.2, 0) is 0 Å². The predicted octanol–water partition coefficient (Wildman–Crippen LogP) is 5.41. The summed E-state index contributed by atoms with van der Waals surface area (Å²) in [7, 11) is 1.53. The Morgan fingerprint density at radius 2 is 1.68 bits per heavy atom. The van der Waals surface area contributed by atoms with Gasteiger partial charge in [-0.1, -0.05) is 19.9 Å². The molecule has 8 heteroatoms. The summed E-state index contributed by atoms with van der Waals surface area (Å²) in [6.45, 7) is 6.26. The van der Waals surface area contributed by atoms with Crippen LogP contribution < -0.4 is 15.4 Å². The van der Waals surface area contributed by atoms with Crippen LogP contribution in [0.1, 0.15) is 41.5 Å². The number of halogens is 1. The monoisotopic (exact) mass is 518 g/mol. The van der Waals surface area contributed by atoms with Crippen LogP contribution in [-0.4, -0.2) is 43.2 Å². The zero-order valence-electron chi connectivity index (χ0n) is 21.8. The van der Waals surface area contributed by atoms with Crippen molar-refractivity contribution in [2.24, 2.45) is 5.92 Å². The zero-order valence-corrected chi connectivity index (χ0v) is 21.8. The summed E-state index contributed by atoms with van der Waals surface area (Å²) >= 11 is 0. The fourth-order valence-corrected chi connectivity index (χ4v) is 4.05. The highest BCUT2D eigenvalue weighted by Crippen LogP contribution is 2.38. The lowest BCUT2D eigenvalue weighted by Crippen LogP contribution is -2.27. The van der Waals surface area contributed by atoms with Crippen molar-refractivity contribution in [1.29, 1.82) is 0 Å². The van der Waals surface area contributed by atoms with Gasteiger partial charge in [-0.15, -0.1) is 0 Å². The molecule has 4 aromatic rings. The van der Waals surface area contributed by atoms with E-state index in [9.17, 15) is 19.1 Å². The van der Waals surface area contributed by atoms with E-state index in [1.807, 2.05) is 19.9 Å². The van der Waals surface area contributed by atoms with E-state index in [-0.39, 0.29) is 18.4 Å². The summed E-state index contributed by atoms with van der Waals surface area (Å²) in [5.41, 5.74) is 3.12. The van der Waals surface area contributed by atoms with E-state index < -0.39 is 11.9 Å². The van der Waals surface area contributed by atoms with Gasteiger partial charge in [0.25, 0.3) is 11.8 Å². The topological polar surface area (TPSA) is 101 Å². The Morgan fingerprint density at radius 1 is 0.974 bits per heavy atom. The molecule has 1 aromatic heterocycles. The van der Waals surface area contributed by atoms with Crippen LogP contribution in [0.3, 0.4) is 0 Å². The lowest BCUT2D eigenvalue weighted by Gasteiger charge is -2.15. The number of amides is 2. The molecule has 0 spiro atoms. The highest BCUT2D eigenvalue weighted by atomic mass is 19.1. The second-order valence-electron chi connectivity index (χ2n) is 9.58. The van der Waals surface area contributed by atoms with E-state index in [1.165, 1.54) is 19.2 Å². The molecule has 1 unspecified atom stereocenters. The molecule has 0 radical (unpaired) electrons. The summed E-state index contributed by atoms with van der Waals surface area (Å²) in [6, 6.07) is 16.2. The molecule has 3 aromatic carbocycles. The van der Waals surface area contributed by atoms with Crippen molar-refractivity contribution in [2.45, 2.75) is 26.9 Å². The van der Waals surface area contributed by atoms with E-state index in [2.05, 4.69) is 10.6 Å². The number of hydrogen-bond acceptors (Lipinski definition) is 5. The van der Waals surface area contributed by atoms with Crippen LogP contribution in [0.15, 0.2) is 65.1 Å². The molecule has 0 saturated heterocycles. The smallest absolute Gasteiger partial charge is 0.255 e. The van der Waals surface area contributed by atoms with Crippen molar-refractivity contribution in [2.75, 3.05) is 20.2 Å². The van der Waals surface area contributed by atoms with Crippen LogP contribution in [0, 0.1) is 11.7 Å². The molecule has 0 saturated carbocycles. The summed E-state index contributed by atoms with van der Waals surface area (Å²) in [4.78, 5) is 25.8. The van der Waals surface area contributed by atoms with E-state index in [1.54, 1.807) is 49.4 Å². The molecule has 0 aliphatic carbocycles. The number of ether oxygens (including phenoxy) is 1. The Hall–Kier alpha value is -4.17. The van der Waals surface area contributed by atoms with Crippen molar-refractivity contribution < 1.29 is 28.2 Å². The number of carbonyl (C=O) groups is 2. The Balaban J connectivity index is 1.85. The van der Waals surface area contributed by atoms with Gasteiger partial charge in [0.15, 0.2) is 0 Å². The quantitative estimate of drug-likeness (QED) is 0.275. The number of hydrogen-bond donors (Lipinski definition) is 3. The first-order chi connectivity index (χ1) is 18.2. The highest BCUT2D eigenvalue weighted by Gasteiger charge is 2.23. The van der Waals surface area contributed by atoms with Gasteiger partial charge >= 0.3 is 0 Å². The fourth-order valence-electron chi connectivity index (χ4n) is 4.05. The van der Waals surface area contributed by atoms with Gasteiger partial charge in [-0.2, -0.15) is 0 Å². The third-order valence-electron chi connectivity index (χ3n) is 5.95. The van der Waals surface area contributed by atoms with Gasteiger partial charge < -0.3 is 24.9 Å². The first-order valence-electron chi connectivity index (χ1n) is 12.5. The van der Waals surface area contributed by atoms with E-state index >= 15 is 0 Å². The molecule has 3 N–H and O–H groups in total. The van der Waals surface area contributed by atoms with Crippen molar-refractivity contribution in [3.8, 4) is 28.2 Å². The molecule has 198 valence electrons. The summed E-state index contributed by atoms with van der Waals surface area (Å²) in [5, 5.41) is 15.9. The number of carbonyl (C=O) groups excluding carboxylic acids is 2. The average Bonchev–Trinajstić information content (AvgIpc) is 3.29. The Bertz CT molecular complexity index is 1460. The molecule has 4 rings (SSSR count). The number of furan rings is 1. The lowest BCUT2D eigenvalue weighted by atomic mass is 9.98. The molecule has 2 amide bonds. The number of rotatable bonds is 9. The molecule has 1 atom stereocenters.